The minimum atomic E-state index is -0.859. The largest absolute Gasteiger partial charge is 0.385 e. The molecule has 0 bridgehead atoms. The molecule has 2 aliphatic rings. The number of piperidine rings is 1. The number of likely N-dealkylation sites (tertiary alicyclic amines) is 1. The predicted octanol–water partition coefficient (Wildman–Crippen LogP) is 3.63. The summed E-state index contributed by atoms with van der Waals surface area (Å²) in [7, 11) is 0. The molecule has 1 unspecified atom stereocenters. The number of imidazole rings is 1. The first-order valence-electron chi connectivity index (χ1n) is 10.2. The number of rotatable bonds is 2. The Balaban J connectivity index is 1.48. The first kappa shape index (κ1) is 17.4. The zero-order valence-corrected chi connectivity index (χ0v) is 15.9. The van der Waals surface area contributed by atoms with Crippen molar-refractivity contribution in [3.63, 3.8) is 0 Å². The molecule has 0 radical (unpaired) electrons. The summed E-state index contributed by atoms with van der Waals surface area (Å²) < 4.78 is 1.88. The highest BCUT2D eigenvalue weighted by molar-refractivity contribution is 5.93. The van der Waals surface area contributed by atoms with Crippen LogP contribution in [-0.4, -0.2) is 37.9 Å². The number of hydrogen-bond donors (Lipinski definition) is 1. The number of fused-ring (bicyclic) bond motifs is 2. The fourth-order valence-corrected chi connectivity index (χ4v) is 5.21. The van der Waals surface area contributed by atoms with E-state index in [0.29, 0.717) is 18.7 Å². The lowest BCUT2D eigenvalue weighted by atomic mass is 9.66. The molecule has 0 spiro atoms. The van der Waals surface area contributed by atoms with E-state index in [1.165, 1.54) is 0 Å². The van der Waals surface area contributed by atoms with Crippen molar-refractivity contribution in [2.75, 3.05) is 6.54 Å². The van der Waals surface area contributed by atoms with Gasteiger partial charge < -0.3 is 14.4 Å². The second kappa shape index (κ2) is 6.74. The molecule has 3 heterocycles. The van der Waals surface area contributed by atoms with Gasteiger partial charge in [0.2, 0.25) is 0 Å². The van der Waals surface area contributed by atoms with Gasteiger partial charge in [0.05, 0.1) is 5.60 Å². The Morgan fingerprint density at radius 3 is 2.68 bits per heavy atom. The minimum absolute atomic E-state index is 0.0179. The van der Waals surface area contributed by atoms with Crippen LogP contribution in [0.4, 0.5) is 0 Å². The summed E-state index contributed by atoms with van der Waals surface area (Å²) >= 11 is 0. The maximum Gasteiger partial charge on any atom is 0.274 e. The van der Waals surface area contributed by atoms with Crippen molar-refractivity contribution in [2.24, 2.45) is 5.92 Å². The molecule has 3 atom stereocenters. The molecule has 1 aromatic carbocycles. The molecule has 2 aromatic heterocycles. The van der Waals surface area contributed by atoms with Crippen molar-refractivity contribution in [3.8, 4) is 0 Å². The number of aromatic nitrogens is 2. The molecule has 28 heavy (non-hydrogen) atoms. The molecule has 1 amide bonds. The van der Waals surface area contributed by atoms with Crippen LogP contribution in [0.3, 0.4) is 0 Å². The summed E-state index contributed by atoms with van der Waals surface area (Å²) in [4.78, 5) is 19.8. The van der Waals surface area contributed by atoms with E-state index >= 15 is 0 Å². The fraction of sp³-hybridized carbons (Fsp3) is 0.391. The van der Waals surface area contributed by atoms with E-state index in [9.17, 15) is 9.90 Å². The summed E-state index contributed by atoms with van der Waals surface area (Å²) in [6.07, 6.45) is 8.38. The van der Waals surface area contributed by atoms with Gasteiger partial charge in [0.25, 0.3) is 5.91 Å². The molecule has 1 saturated carbocycles. The fourth-order valence-electron chi connectivity index (χ4n) is 5.21. The Labute approximate surface area is 164 Å². The monoisotopic (exact) mass is 375 g/mol. The number of aliphatic hydroxyl groups is 1. The van der Waals surface area contributed by atoms with E-state index in [0.717, 1.165) is 36.9 Å². The topological polar surface area (TPSA) is 57.8 Å². The number of benzene rings is 1. The molecule has 5 heteroatoms. The van der Waals surface area contributed by atoms with Gasteiger partial charge in [0.1, 0.15) is 11.3 Å². The first-order valence-corrected chi connectivity index (χ1v) is 10.2. The Bertz CT molecular complexity index is 966. The van der Waals surface area contributed by atoms with Crippen molar-refractivity contribution in [3.05, 3.63) is 72.2 Å². The number of carbonyl (C=O) groups is 1. The zero-order valence-electron chi connectivity index (χ0n) is 15.9. The van der Waals surface area contributed by atoms with Crippen LogP contribution in [0.5, 0.6) is 0 Å². The molecular weight excluding hydrogens is 350 g/mol. The second-order valence-electron chi connectivity index (χ2n) is 8.09. The van der Waals surface area contributed by atoms with Gasteiger partial charge in [0.15, 0.2) is 0 Å². The van der Waals surface area contributed by atoms with E-state index in [1.54, 1.807) is 0 Å². The molecule has 1 aliphatic heterocycles. The molecule has 2 fully saturated rings. The van der Waals surface area contributed by atoms with Crippen LogP contribution in [0.15, 0.2) is 60.9 Å². The van der Waals surface area contributed by atoms with Gasteiger partial charge in [-0.15, -0.1) is 0 Å². The normalized spacial score (nSPS) is 27.5. The summed E-state index contributed by atoms with van der Waals surface area (Å²) in [6.45, 7) is 0.555. The van der Waals surface area contributed by atoms with Crippen LogP contribution < -0.4 is 0 Å². The average molecular weight is 375 g/mol. The van der Waals surface area contributed by atoms with Crippen molar-refractivity contribution in [1.29, 1.82) is 0 Å². The van der Waals surface area contributed by atoms with Crippen molar-refractivity contribution in [2.45, 2.75) is 43.7 Å². The zero-order chi connectivity index (χ0) is 19.1. The van der Waals surface area contributed by atoms with Crippen molar-refractivity contribution >= 4 is 11.6 Å². The van der Waals surface area contributed by atoms with Gasteiger partial charge in [0, 0.05) is 30.9 Å². The van der Waals surface area contributed by atoms with E-state index in [4.69, 9.17) is 0 Å². The van der Waals surface area contributed by atoms with Crippen molar-refractivity contribution < 1.29 is 9.90 Å². The average Bonchev–Trinajstić information content (AvgIpc) is 3.19. The number of hydrogen-bond acceptors (Lipinski definition) is 3. The SMILES string of the molecule is O=C(c1cn2ccccc2n1)N1CCC(O)(c2ccccc2)[C@@H]2CCCC[C@@H]21. The summed E-state index contributed by atoms with van der Waals surface area (Å²) in [6, 6.07) is 15.8. The maximum atomic E-state index is 13.3. The van der Waals surface area contributed by atoms with E-state index in [1.807, 2.05) is 70.2 Å². The van der Waals surface area contributed by atoms with E-state index < -0.39 is 5.60 Å². The molecule has 1 saturated heterocycles. The highest BCUT2D eigenvalue weighted by Gasteiger charge is 2.50. The molecule has 5 nitrogen and oxygen atoms in total. The Morgan fingerprint density at radius 1 is 1.07 bits per heavy atom. The molecule has 1 aliphatic carbocycles. The molecule has 1 N–H and O–H groups in total. The molecule has 3 aromatic rings. The first-order chi connectivity index (χ1) is 13.7. The van der Waals surface area contributed by atoms with Crippen molar-refractivity contribution in [1.82, 2.24) is 14.3 Å². The van der Waals surface area contributed by atoms with Gasteiger partial charge in [-0.1, -0.05) is 49.2 Å². The highest BCUT2D eigenvalue weighted by Crippen LogP contribution is 2.47. The van der Waals surface area contributed by atoms with Gasteiger partial charge in [-0.2, -0.15) is 0 Å². The summed E-state index contributed by atoms with van der Waals surface area (Å²) in [5.41, 5.74) is 1.39. The van der Waals surface area contributed by atoms with Crippen LogP contribution in [0, 0.1) is 5.92 Å². The van der Waals surface area contributed by atoms with Gasteiger partial charge in [-0.25, -0.2) is 4.98 Å². The summed E-state index contributed by atoms with van der Waals surface area (Å²) in [5, 5.41) is 11.7. The third-order valence-corrected chi connectivity index (χ3v) is 6.59. The quantitative estimate of drug-likeness (QED) is 0.744. The van der Waals surface area contributed by atoms with Gasteiger partial charge in [-0.05, 0) is 37.0 Å². The van der Waals surface area contributed by atoms with Crippen LogP contribution in [0.1, 0.15) is 48.2 Å². The minimum Gasteiger partial charge on any atom is -0.385 e. The smallest absolute Gasteiger partial charge is 0.274 e. The number of carbonyl (C=O) groups excluding carboxylic acids is 1. The van der Waals surface area contributed by atoms with Gasteiger partial charge >= 0.3 is 0 Å². The predicted molar refractivity (Wildman–Crippen MR) is 107 cm³/mol. The Hall–Kier alpha value is -2.66. The van der Waals surface area contributed by atoms with Gasteiger partial charge in [-0.3, -0.25) is 4.79 Å². The molecule has 5 rings (SSSR count). The number of amides is 1. The molecular formula is C23H25N3O2. The third kappa shape index (κ3) is 2.73. The second-order valence-corrected chi connectivity index (χ2v) is 8.09. The maximum absolute atomic E-state index is 13.3. The third-order valence-electron chi connectivity index (χ3n) is 6.59. The highest BCUT2D eigenvalue weighted by atomic mass is 16.3. The van der Waals surface area contributed by atoms with Crippen LogP contribution >= 0.6 is 0 Å². The number of nitrogens with zero attached hydrogens (tertiary/aromatic N) is 3. The number of pyridine rings is 1. The Morgan fingerprint density at radius 2 is 1.86 bits per heavy atom. The van der Waals surface area contributed by atoms with Crippen LogP contribution in [0.25, 0.3) is 5.65 Å². The van der Waals surface area contributed by atoms with E-state index in [2.05, 4.69) is 4.98 Å². The standard InChI is InChI=1S/C23H25N3O2/c27-22(19-16-25-14-7-6-12-21(25)24-19)26-15-13-23(28,17-8-2-1-3-9-17)18-10-4-5-11-20(18)26/h1-3,6-9,12,14,16,18,20,28H,4-5,10-11,13,15H2/t18-,20+,23?/m1/s1. The summed E-state index contributed by atoms with van der Waals surface area (Å²) in [5.74, 6) is 0.0501. The molecule has 144 valence electrons. The lowest BCUT2D eigenvalue weighted by Crippen LogP contribution is -2.59. The Kier molecular flexibility index (Phi) is 4.20. The van der Waals surface area contributed by atoms with Crippen LogP contribution in [0.2, 0.25) is 0 Å². The van der Waals surface area contributed by atoms with E-state index in [-0.39, 0.29) is 17.9 Å². The van der Waals surface area contributed by atoms with Crippen LogP contribution in [-0.2, 0) is 5.60 Å². The lowest BCUT2D eigenvalue weighted by Gasteiger charge is -2.52. The lowest BCUT2D eigenvalue weighted by molar-refractivity contribution is -0.110.